The van der Waals surface area contributed by atoms with Crippen molar-refractivity contribution in [2.24, 2.45) is 5.92 Å². The number of ether oxygens (including phenoxy) is 1. The summed E-state index contributed by atoms with van der Waals surface area (Å²) in [5, 5.41) is 0. The number of rotatable bonds is 5. The number of amides is 1. The fourth-order valence-corrected chi connectivity index (χ4v) is 2.90. The van der Waals surface area contributed by atoms with Gasteiger partial charge in [0.05, 0.1) is 6.61 Å². The van der Waals surface area contributed by atoms with E-state index >= 15 is 0 Å². The summed E-state index contributed by atoms with van der Waals surface area (Å²) >= 11 is 0. The third kappa shape index (κ3) is 4.10. The molecule has 3 nitrogen and oxygen atoms in total. The van der Waals surface area contributed by atoms with Crippen LogP contribution in [0.25, 0.3) is 0 Å². The van der Waals surface area contributed by atoms with Gasteiger partial charge in [0.25, 0.3) is 5.91 Å². The molecule has 0 aromatic heterocycles. The van der Waals surface area contributed by atoms with Crippen LogP contribution in [0.2, 0.25) is 0 Å². The molecule has 1 aliphatic rings. The first-order valence-corrected chi connectivity index (χ1v) is 8.05. The van der Waals surface area contributed by atoms with Crippen LogP contribution in [0, 0.1) is 17.6 Å². The Morgan fingerprint density at radius 1 is 1.04 bits per heavy atom. The van der Waals surface area contributed by atoms with E-state index in [4.69, 9.17) is 4.74 Å². The molecule has 0 spiro atoms. The maximum atomic E-state index is 12.9. The zero-order valence-electron chi connectivity index (χ0n) is 13.3. The SMILES string of the molecule is O=C(c1ccc(F)cc1)N1CCC(CCOc2ccc(F)cc2)C1. The number of carbonyl (C=O) groups excluding carboxylic acids is 1. The standard InChI is InChI=1S/C19H19F2NO2/c20-16-3-1-15(2-4-16)19(23)22-11-9-14(13-22)10-12-24-18-7-5-17(21)6-8-18/h1-8,14H,9-13H2. The highest BCUT2D eigenvalue weighted by Crippen LogP contribution is 2.22. The van der Waals surface area contributed by atoms with Crippen LogP contribution in [0.15, 0.2) is 48.5 Å². The van der Waals surface area contributed by atoms with Gasteiger partial charge < -0.3 is 9.64 Å². The Balaban J connectivity index is 1.46. The maximum Gasteiger partial charge on any atom is 0.253 e. The summed E-state index contributed by atoms with van der Waals surface area (Å²) in [7, 11) is 0. The Labute approximate surface area is 139 Å². The Hall–Kier alpha value is -2.43. The number of nitrogens with zero attached hydrogens (tertiary/aromatic N) is 1. The highest BCUT2D eigenvalue weighted by Gasteiger charge is 2.26. The zero-order valence-corrected chi connectivity index (χ0v) is 13.3. The Morgan fingerprint density at radius 2 is 1.67 bits per heavy atom. The molecular weight excluding hydrogens is 312 g/mol. The van der Waals surface area contributed by atoms with Crippen molar-refractivity contribution < 1.29 is 18.3 Å². The summed E-state index contributed by atoms with van der Waals surface area (Å²) in [6, 6.07) is 11.6. The van der Waals surface area contributed by atoms with Gasteiger partial charge in [-0.25, -0.2) is 8.78 Å². The summed E-state index contributed by atoms with van der Waals surface area (Å²) in [4.78, 5) is 14.2. The highest BCUT2D eigenvalue weighted by atomic mass is 19.1. The maximum absolute atomic E-state index is 12.9. The monoisotopic (exact) mass is 331 g/mol. The van der Waals surface area contributed by atoms with Gasteiger partial charge in [0, 0.05) is 18.7 Å². The Kier molecular flexibility index (Phi) is 5.08. The van der Waals surface area contributed by atoms with Gasteiger partial charge in [-0.2, -0.15) is 0 Å². The van der Waals surface area contributed by atoms with Crippen LogP contribution < -0.4 is 4.74 Å². The van der Waals surface area contributed by atoms with Crippen molar-refractivity contribution >= 4 is 5.91 Å². The van der Waals surface area contributed by atoms with Gasteiger partial charge in [-0.3, -0.25) is 4.79 Å². The van der Waals surface area contributed by atoms with E-state index in [9.17, 15) is 13.6 Å². The summed E-state index contributed by atoms with van der Waals surface area (Å²) in [5.74, 6) is 0.345. The van der Waals surface area contributed by atoms with E-state index in [1.165, 1.54) is 36.4 Å². The first-order valence-electron chi connectivity index (χ1n) is 8.05. The number of hydrogen-bond donors (Lipinski definition) is 0. The van der Waals surface area contributed by atoms with Crippen molar-refractivity contribution in [3.8, 4) is 5.75 Å². The molecule has 1 heterocycles. The lowest BCUT2D eigenvalue weighted by atomic mass is 10.1. The van der Waals surface area contributed by atoms with Crippen LogP contribution in [0.1, 0.15) is 23.2 Å². The minimum Gasteiger partial charge on any atom is -0.494 e. The lowest BCUT2D eigenvalue weighted by Gasteiger charge is -2.17. The van der Waals surface area contributed by atoms with E-state index in [0.29, 0.717) is 36.9 Å². The van der Waals surface area contributed by atoms with E-state index < -0.39 is 0 Å². The molecule has 3 rings (SSSR count). The van der Waals surface area contributed by atoms with Crippen LogP contribution in [0.4, 0.5) is 8.78 Å². The van der Waals surface area contributed by atoms with Crippen molar-refractivity contribution in [3.63, 3.8) is 0 Å². The molecule has 0 bridgehead atoms. The average Bonchev–Trinajstić information content (AvgIpc) is 3.06. The Bertz CT molecular complexity index is 686. The lowest BCUT2D eigenvalue weighted by Crippen LogP contribution is -2.28. The van der Waals surface area contributed by atoms with Gasteiger partial charge in [-0.15, -0.1) is 0 Å². The highest BCUT2D eigenvalue weighted by molar-refractivity contribution is 5.94. The molecule has 0 aliphatic carbocycles. The smallest absolute Gasteiger partial charge is 0.253 e. The van der Waals surface area contributed by atoms with Gasteiger partial charge in [0.2, 0.25) is 0 Å². The van der Waals surface area contributed by atoms with Gasteiger partial charge in [0.15, 0.2) is 0 Å². The van der Waals surface area contributed by atoms with Crippen LogP contribution >= 0.6 is 0 Å². The van der Waals surface area contributed by atoms with Crippen LogP contribution in [-0.4, -0.2) is 30.5 Å². The van der Waals surface area contributed by atoms with Crippen LogP contribution in [0.5, 0.6) is 5.75 Å². The molecule has 1 aliphatic heterocycles. The third-order valence-corrected chi connectivity index (χ3v) is 4.27. The molecule has 5 heteroatoms. The number of halogens is 2. The van der Waals surface area contributed by atoms with Crippen LogP contribution in [0.3, 0.4) is 0 Å². The summed E-state index contributed by atoms with van der Waals surface area (Å²) in [6.45, 7) is 1.93. The molecule has 1 atom stereocenters. The molecule has 2 aromatic carbocycles. The fourth-order valence-electron chi connectivity index (χ4n) is 2.90. The number of likely N-dealkylation sites (tertiary alicyclic amines) is 1. The van der Waals surface area contributed by atoms with Gasteiger partial charge in [-0.1, -0.05) is 0 Å². The van der Waals surface area contributed by atoms with E-state index in [2.05, 4.69) is 0 Å². The molecule has 1 saturated heterocycles. The zero-order chi connectivity index (χ0) is 16.9. The van der Waals surface area contributed by atoms with E-state index in [0.717, 1.165) is 12.8 Å². The second kappa shape index (κ2) is 7.43. The normalized spacial score (nSPS) is 17.1. The molecular formula is C19H19F2NO2. The van der Waals surface area contributed by atoms with Crippen molar-refractivity contribution in [2.75, 3.05) is 19.7 Å². The molecule has 1 amide bonds. The molecule has 0 radical (unpaired) electrons. The van der Waals surface area contributed by atoms with Crippen LogP contribution in [-0.2, 0) is 0 Å². The molecule has 126 valence electrons. The van der Waals surface area contributed by atoms with Crippen molar-refractivity contribution in [1.29, 1.82) is 0 Å². The predicted octanol–water partition coefficient (Wildman–Crippen LogP) is 3.90. The molecule has 2 aromatic rings. The molecule has 1 fully saturated rings. The van der Waals surface area contributed by atoms with Gasteiger partial charge in [-0.05, 0) is 67.3 Å². The molecule has 24 heavy (non-hydrogen) atoms. The Morgan fingerprint density at radius 3 is 2.33 bits per heavy atom. The quantitative estimate of drug-likeness (QED) is 0.832. The average molecular weight is 331 g/mol. The first-order chi connectivity index (χ1) is 11.6. The lowest BCUT2D eigenvalue weighted by molar-refractivity contribution is 0.0785. The summed E-state index contributed by atoms with van der Waals surface area (Å²) < 4.78 is 31.4. The minimum atomic E-state index is -0.344. The van der Waals surface area contributed by atoms with E-state index in [1.807, 2.05) is 0 Å². The van der Waals surface area contributed by atoms with Crippen molar-refractivity contribution in [2.45, 2.75) is 12.8 Å². The first kappa shape index (κ1) is 16.4. The number of benzene rings is 2. The number of hydrogen-bond acceptors (Lipinski definition) is 2. The van der Waals surface area contributed by atoms with Gasteiger partial charge >= 0.3 is 0 Å². The predicted molar refractivity (Wildman–Crippen MR) is 86.9 cm³/mol. The second-order valence-corrected chi connectivity index (χ2v) is 6.00. The largest absolute Gasteiger partial charge is 0.494 e. The summed E-state index contributed by atoms with van der Waals surface area (Å²) in [5.41, 5.74) is 0.514. The summed E-state index contributed by atoms with van der Waals surface area (Å²) in [6.07, 6.45) is 1.77. The fraction of sp³-hybridized carbons (Fsp3) is 0.316. The van der Waals surface area contributed by atoms with E-state index in [-0.39, 0.29) is 17.5 Å². The van der Waals surface area contributed by atoms with E-state index in [1.54, 1.807) is 17.0 Å². The topological polar surface area (TPSA) is 29.5 Å². The van der Waals surface area contributed by atoms with Crippen molar-refractivity contribution in [3.05, 3.63) is 65.7 Å². The minimum absolute atomic E-state index is 0.0584. The van der Waals surface area contributed by atoms with Crippen molar-refractivity contribution in [1.82, 2.24) is 4.90 Å². The third-order valence-electron chi connectivity index (χ3n) is 4.27. The molecule has 1 unspecified atom stereocenters. The molecule has 0 saturated carbocycles. The molecule has 0 N–H and O–H groups in total. The number of carbonyl (C=O) groups is 1. The second-order valence-electron chi connectivity index (χ2n) is 6.00. The van der Waals surface area contributed by atoms with Gasteiger partial charge in [0.1, 0.15) is 17.4 Å².